The third kappa shape index (κ3) is 274. The summed E-state index contributed by atoms with van der Waals surface area (Å²) in [5.74, 6) is 0. The molecule has 0 radical (unpaired) electrons. The van der Waals surface area contributed by atoms with Gasteiger partial charge in [-0.25, -0.2) is 0 Å². The smallest absolute Gasteiger partial charge is 0.0536 e. The highest BCUT2D eigenvalue weighted by Gasteiger charge is 1.80. The van der Waals surface area contributed by atoms with E-state index in [4.69, 9.17) is 0 Å². The molecule has 0 spiro atoms. The van der Waals surface area contributed by atoms with E-state index in [1.165, 1.54) is 257 Å². The van der Waals surface area contributed by atoms with Gasteiger partial charge in [0.2, 0.25) is 0 Å². The van der Waals surface area contributed by atoms with E-state index in [1.54, 1.807) is 0 Å². The van der Waals surface area contributed by atoms with Crippen molar-refractivity contribution in [1.82, 2.24) is 0 Å². The van der Waals surface area contributed by atoms with Crippen LogP contribution in [0.2, 0.25) is 0 Å². The molecule has 0 aromatic rings. The SMILES string of the molecule is CCCCCC.CCCCCC.CCCCCC.CCCCCC.CCCCCC.CCCCCC.CCCCCC.CCCCCC.CCCCCC.CCCCCC.O.O.O.O.O. The minimum Gasteiger partial charge on any atom is -0.412 e. The summed E-state index contributed by atoms with van der Waals surface area (Å²) in [6.45, 7) is 44.6. The zero-order chi connectivity index (χ0) is 48.3. The van der Waals surface area contributed by atoms with Crippen molar-refractivity contribution in [2.24, 2.45) is 0 Å². The fourth-order valence-electron chi connectivity index (χ4n) is 5.00. The van der Waals surface area contributed by atoms with Crippen molar-refractivity contribution in [3.8, 4) is 0 Å². The molecule has 0 saturated carbocycles. The van der Waals surface area contributed by atoms with E-state index in [2.05, 4.69) is 138 Å². The summed E-state index contributed by atoms with van der Waals surface area (Å²) in [4.78, 5) is 0. The van der Waals surface area contributed by atoms with Crippen molar-refractivity contribution in [2.45, 2.75) is 395 Å². The second-order valence-corrected chi connectivity index (χ2v) is 17.1. The van der Waals surface area contributed by atoms with Crippen LogP contribution in [-0.4, -0.2) is 27.4 Å². The van der Waals surface area contributed by atoms with Gasteiger partial charge in [-0.1, -0.05) is 395 Å². The van der Waals surface area contributed by atoms with Gasteiger partial charge in [-0.05, 0) is 0 Å². The minimum absolute atomic E-state index is 0. The fourth-order valence-corrected chi connectivity index (χ4v) is 5.00. The highest BCUT2D eigenvalue weighted by Crippen LogP contribution is 2.00. The van der Waals surface area contributed by atoms with Crippen LogP contribution in [0, 0.1) is 0 Å². The maximum atomic E-state index is 2.23. The van der Waals surface area contributed by atoms with Gasteiger partial charge in [0, 0.05) is 0 Å². The Morgan fingerprint density at radius 1 is 0.0923 bits per heavy atom. The number of hydrogen-bond donors (Lipinski definition) is 0. The Kier molecular flexibility index (Phi) is 260. The second-order valence-electron chi connectivity index (χ2n) is 17.1. The molecule has 0 bridgehead atoms. The lowest BCUT2D eigenvalue weighted by Gasteiger charge is -1.86. The summed E-state index contributed by atoms with van der Waals surface area (Å²) in [6, 6.07) is 0. The molecule has 65 heavy (non-hydrogen) atoms. The van der Waals surface area contributed by atoms with Crippen LogP contribution in [0.15, 0.2) is 0 Å². The quantitative estimate of drug-likeness (QED) is 0.0628. The van der Waals surface area contributed by atoms with E-state index in [0.717, 1.165) is 0 Å². The third-order valence-electron chi connectivity index (χ3n) is 9.57. The third-order valence-corrected chi connectivity index (χ3v) is 9.57. The molecular formula is C60H150O5. The predicted octanol–water partition coefficient (Wildman–Crippen LogP) is 21.7. The molecule has 0 atom stereocenters. The summed E-state index contributed by atoms with van der Waals surface area (Å²) in [6.07, 6.45) is 55.4. The summed E-state index contributed by atoms with van der Waals surface area (Å²) in [5.41, 5.74) is 0. The lowest BCUT2D eigenvalue weighted by molar-refractivity contribution is 0.702. The number of hydrogen-bond acceptors (Lipinski definition) is 0. The molecule has 0 fully saturated rings. The van der Waals surface area contributed by atoms with Gasteiger partial charge in [0.1, 0.15) is 0 Å². The molecule has 0 unspecified atom stereocenters. The van der Waals surface area contributed by atoms with Gasteiger partial charge in [-0.3, -0.25) is 0 Å². The standard InChI is InChI=1S/10C6H14.5H2O/c10*1-3-5-6-4-2;;;;;/h10*3-6H2,1-2H3;5*1H2. The van der Waals surface area contributed by atoms with Gasteiger partial charge in [-0.2, -0.15) is 0 Å². The van der Waals surface area contributed by atoms with Crippen molar-refractivity contribution < 1.29 is 27.4 Å². The maximum Gasteiger partial charge on any atom is -0.0536 e. The molecular weight excluding hydrogens is 801 g/mol. The Balaban J connectivity index is -0.0000000326. The van der Waals surface area contributed by atoms with Crippen LogP contribution in [0.3, 0.4) is 0 Å². The van der Waals surface area contributed by atoms with Crippen molar-refractivity contribution >= 4 is 0 Å². The summed E-state index contributed by atoms with van der Waals surface area (Å²) in [5, 5.41) is 0. The molecule has 0 amide bonds. The normalized spacial score (nSPS) is 8.31. The summed E-state index contributed by atoms with van der Waals surface area (Å²) >= 11 is 0. The molecule has 420 valence electrons. The van der Waals surface area contributed by atoms with E-state index >= 15 is 0 Å². The van der Waals surface area contributed by atoms with E-state index in [0.29, 0.717) is 0 Å². The molecule has 0 rings (SSSR count). The van der Waals surface area contributed by atoms with Crippen LogP contribution >= 0.6 is 0 Å². The highest BCUT2D eigenvalue weighted by molar-refractivity contribution is 4.36. The van der Waals surface area contributed by atoms with Gasteiger partial charge in [-0.15, -0.1) is 0 Å². The van der Waals surface area contributed by atoms with Gasteiger partial charge < -0.3 is 27.4 Å². The molecule has 10 N–H and O–H groups in total. The average Bonchev–Trinajstić information content (AvgIpc) is 3.28. The Morgan fingerprint density at radius 3 is 0.138 bits per heavy atom. The lowest BCUT2D eigenvalue weighted by Crippen LogP contribution is -1.66. The summed E-state index contributed by atoms with van der Waals surface area (Å²) < 4.78 is 0. The molecule has 0 aliphatic carbocycles. The van der Waals surface area contributed by atoms with E-state index in [9.17, 15) is 0 Å². The Morgan fingerprint density at radius 2 is 0.123 bits per heavy atom. The van der Waals surface area contributed by atoms with Crippen molar-refractivity contribution in [3.63, 3.8) is 0 Å². The molecule has 0 aromatic heterocycles. The van der Waals surface area contributed by atoms with Crippen LogP contribution in [0.1, 0.15) is 395 Å². The van der Waals surface area contributed by atoms with Crippen molar-refractivity contribution in [1.29, 1.82) is 0 Å². The Hall–Kier alpha value is -0.200. The zero-order valence-electron chi connectivity index (χ0n) is 50.8. The van der Waals surface area contributed by atoms with Crippen molar-refractivity contribution in [2.75, 3.05) is 0 Å². The predicted molar refractivity (Wildman–Crippen MR) is 316 cm³/mol. The van der Waals surface area contributed by atoms with Crippen LogP contribution in [0.4, 0.5) is 0 Å². The second kappa shape index (κ2) is 159. The molecule has 5 nitrogen and oxygen atoms in total. The largest absolute Gasteiger partial charge is 0.412 e. The van der Waals surface area contributed by atoms with Crippen LogP contribution in [0.5, 0.6) is 0 Å². The van der Waals surface area contributed by atoms with E-state index in [-0.39, 0.29) is 27.4 Å². The molecule has 0 heterocycles. The first-order valence-electron chi connectivity index (χ1n) is 29.1. The minimum atomic E-state index is 0. The first kappa shape index (κ1) is 106. The average molecular weight is 952 g/mol. The Labute approximate surface area is 421 Å². The lowest BCUT2D eigenvalue weighted by atomic mass is 10.2. The molecule has 0 aromatic carbocycles. The monoisotopic (exact) mass is 951 g/mol. The van der Waals surface area contributed by atoms with Gasteiger partial charge in [0.25, 0.3) is 0 Å². The zero-order valence-corrected chi connectivity index (χ0v) is 50.8. The summed E-state index contributed by atoms with van der Waals surface area (Å²) in [7, 11) is 0. The fraction of sp³-hybridized carbons (Fsp3) is 1.00. The van der Waals surface area contributed by atoms with Gasteiger partial charge >= 0.3 is 0 Å². The van der Waals surface area contributed by atoms with E-state index < -0.39 is 0 Å². The molecule has 5 heteroatoms. The molecule has 0 aliphatic heterocycles. The van der Waals surface area contributed by atoms with E-state index in [1.807, 2.05) is 0 Å². The molecule has 0 aliphatic rings. The van der Waals surface area contributed by atoms with Crippen molar-refractivity contribution in [3.05, 3.63) is 0 Å². The first-order chi connectivity index (χ1) is 29.1. The van der Waals surface area contributed by atoms with Crippen LogP contribution in [0.25, 0.3) is 0 Å². The molecule has 0 saturated heterocycles. The van der Waals surface area contributed by atoms with Crippen LogP contribution < -0.4 is 0 Å². The first-order valence-corrected chi connectivity index (χ1v) is 29.1. The van der Waals surface area contributed by atoms with Gasteiger partial charge in [0.15, 0.2) is 0 Å². The Bertz CT molecular complexity index is 278. The maximum absolute atomic E-state index is 2.23. The highest BCUT2D eigenvalue weighted by atomic mass is 16.0. The topological polar surface area (TPSA) is 158 Å². The number of rotatable bonds is 30. The van der Waals surface area contributed by atoms with Crippen LogP contribution in [-0.2, 0) is 0 Å². The van der Waals surface area contributed by atoms with Gasteiger partial charge in [0.05, 0.1) is 0 Å². The number of unbranched alkanes of at least 4 members (excludes halogenated alkanes) is 30.